The first-order valence-corrected chi connectivity index (χ1v) is 9.43. The van der Waals surface area contributed by atoms with Crippen molar-refractivity contribution in [3.63, 3.8) is 0 Å². The zero-order valence-corrected chi connectivity index (χ0v) is 14.9. The first-order chi connectivity index (χ1) is 11.1. The highest BCUT2D eigenvalue weighted by atomic mass is 79.9. The summed E-state index contributed by atoms with van der Waals surface area (Å²) < 4.78 is 14.5. The van der Waals surface area contributed by atoms with Crippen molar-refractivity contribution in [1.82, 2.24) is 10.2 Å². The normalized spacial score (nSPS) is 23.7. The summed E-state index contributed by atoms with van der Waals surface area (Å²) >= 11 is 3.29. The van der Waals surface area contributed by atoms with Crippen molar-refractivity contribution in [3.05, 3.63) is 34.1 Å². The highest BCUT2D eigenvalue weighted by Crippen LogP contribution is 2.25. The van der Waals surface area contributed by atoms with E-state index in [9.17, 15) is 9.18 Å². The molecule has 1 amide bonds. The Hall–Kier alpha value is -0.940. The average molecular weight is 383 g/mol. The predicted molar refractivity (Wildman–Crippen MR) is 93.0 cm³/mol. The Kier molecular flexibility index (Phi) is 5.70. The van der Waals surface area contributed by atoms with Crippen LogP contribution in [-0.2, 0) is 0 Å². The molecule has 0 spiro atoms. The number of nitrogens with zero attached hydrogens (tertiary/aromatic N) is 1. The number of halogens is 2. The van der Waals surface area contributed by atoms with Crippen molar-refractivity contribution in [2.75, 3.05) is 13.1 Å². The first kappa shape index (κ1) is 16.9. The molecule has 1 aromatic rings. The third-order valence-electron chi connectivity index (χ3n) is 5.07. The third kappa shape index (κ3) is 4.32. The van der Waals surface area contributed by atoms with Crippen LogP contribution >= 0.6 is 15.9 Å². The SMILES string of the molecule is O=C(NC1CCN(C2CCCCCC2)C1)c1cc(Br)ccc1F. The number of carbonyl (C=O) groups is 1. The fraction of sp³-hybridized carbons (Fsp3) is 0.611. The van der Waals surface area contributed by atoms with Crippen LogP contribution in [-0.4, -0.2) is 36.0 Å². The van der Waals surface area contributed by atoms with Crippen LogP contribution in [0.5, 0.6) is 0 Å². The van der Waals surface area contributed by atoms with E-state index >= 15 is 0 Å². The molecule has 1 atom stereocenters. The van der Waals surface area contributed by atoms with Gasteiger partial charge in [-0.05, 0) is 37.5 Å². The van der Waals surface area contributed by atoms with Crippen LogP contribution in [0.1, 0.15) is 55.3 Å². The smallest absolute Gasteiger partial charge is 0.254 e. The van der Waals surface area contributed by atoms with Gasteiger partial charge >= 0.3 is 0 Å². The highest BCUT2D eigenvalue weighted by Gasteiger charge is 2.29. The van der Waals surface area contributed by atoms with Crippen molar-refractivity contribution in [3.8, 4) is 0 Å². The van der Waals surface area contributed by atoms with E-state index in [1.165, 1.54) is 44.6 Å². The number of hydrogen-bond acceptors (Lipinski definition) is 2. The number of likely N-dealkylation sites (tertiary alicyclic amines) is 1. The molecule has 1 aliphatic heterocycles. The van der Waals surface area contributed by atoms with Gasteiger partial charge in [-0.15, -0.1) is 0 Å². The third-order valence-corrected chi connectivity index (χ3v) is 5.56. The van der Waals surface area contributed by atoms with Crippen LogP contribution in [0, 0.1) is 5.82 Å². The molecule has 3 rings (SSSR count). The van der Waals surface area contributed by atoms with Gasteiger partial charge in [-0.3, -0.25) is 9.69 Å². The number of nitrogens with one attached hydrogen (secondary N) is 1. The van der Waals surface area contributed by atoms with Gasteiger partial charge in [0.25, 0.3) is 5.91 Å². The van der Waals surface area contributed by atoms with Crippen LogP contribution in [0.4, 0.5) is 4.39 Å². The molecule has 2 aliphatic rings. The van der Waals surface area contributed by atoms with Gasteiger partial charge in [-0.1, -0.05) is 41.6 Å². The molecule has 0 aromatic heterocycles. The van der Waals surface area contributed by atoms with Crippen LogP contribution in [0.2, 0.25) is 0 Å². The fourth-order valence-corrected chi connectivity index (χ4v) is 4.16. The predicted octanol–water partition coefficient (Wildman–Crippen LogP) is 4.12. The van der Waals surface area contributed by atoms with Crippen molar-refractivity contribution < 1.29 is 9.18 Å². The minimum atomic E-state index is -0.468. The second-order valence-electron chi connectivity index (χ2n) is 6.72. The minimum Gasteiger partial charge on any atom is -0.348 e. The van der Waals surface area contributed by atoms with Crippen LogP contribution in [0.3, 0.4) is 0 Å². The van der Waals surface area contributed by atoms with Gasteiger partial charge in [0.2, 0.25) is 0 Å². The molecule has 23 heavy (non-hydrogen) atoms. The molecular formula is C18H24BrFN2O. The van der Waals surface area contributed by atoms with Gasteiger partial charge in [-0.25, -0.2) is 4.39 Å². The van der Waals surface area contributed by atoms with Gasteiger partial charge < -0.3 is 5.32 Å². The summed E-state index contributed by atoms with van der Waals surface area (Å²) in [7, 11) is 0. The number of hydrogen-bond donors (Lipinski definition) is 1. The Balaban J connectivity index is 1.57. The van der Waals surface area contributed by atoms with E-state index in [1.807, 2.05) is 0 Å². The summed E-state index contributed by atoms with van der Waals surface area (Å²) in [5.74, 6) is -0.777. The molecule has 1 unspecified atom stereocenters. The molecule has 1 aliphatic carbocycles. The van der Waals surface area contributed by atoms with Gasteiger partial charge in [0.05, 0.1) is 5.56 Å². The second kappa shape index (κ2) is 7.75. The topological polar surface area (TPSA) is 32.3 Å². The maximum atomic E-state index is 13.8. The Labute approximate surface area is 145 Å². The second-order valence-corrected chi connectivity index (χ2v) is 7.64. The molecule has 1 saturated heterocycles. The van der Waals surface area contributed by atoms with Crippen LogP contribution in [0.15, 0.2) is 22.7 Å². The molecule has 3 nitrogen and oxygen atoms in total. The zero-order valence-electron chi connectivity index (χ0n) is 13.4. The maximum absolute atomic E-state index is 13.8. The summed E-state index contributed by atoms with van der Waals surface area (Å²) in [5, 5.41) is 3.01. The number of rotatable bonds is 3. The Bertz CT molecular complexity index is 558. The molecule has 1 N–H and O–H groups in total. The standard InChI is InChI=1S/C18H24BrFN2O/c19-13-7-8-17(20)16(11-13)18(23)21-14-9-10-22(12-14)15-5-3-1-2-4-6-15/h7-8,11,14-15H,1-6,9-10,12H2,(H,21,23). The van der Waals surface area contributed by atoms with E-state index in [-0.39, 0.29) is 17.5 Å². The Morgan fingerprint density at radius 1 is 1.17 bits per heavy atom. The quantitative estimate of drug-likeness (QED) is 0.797. The van der Waals surface area contributed by atoms with Crippen molar-refractivity contribution in [2.24, 2.45) is 0 Å². The van der Waals surface area contributed by atoms with E-state index in [2.05, 4.69) is 26.1 Å². The summed E-state index contributed by atoms with van der Waals surface area (Å²) in [6.07, 6.45) is 8.86. The first-order valence-electron chi connectivity index (χ1n) is 8.63. The lowest BCUT2D eigenvalue weighted by molar-refractivity contribution is 0.0931. The summed E-state index contributed by atoms with van der Waals surface area (Å²) in [6, 6.07) is 5.27. The van der Waals surface area contributed by atoms with Gasteiger partial charge in [-0.2, -0.15) is 0 Å². The molecule has 5 heteroatoms. The van der Waals surface area contributed by atoms with Gasteiger partial charge in [0.1, 0.15) is 5.82 Å². The molecule has 1 saturated carbocycles. The lowest BCUT2D eigenvalue weighted by Crippen LogP contribution is -2.40. The zero-order chi connectivity index (χ0) is 16.2. The number of amides is 1. The highest BCUT2D eigenvalue weighted by molar-refractivity contribution is 9.10. The van der Waals surface area contributed by atoms with E-state index in [1.54, 1.807) is 12.1 Å². The molecule has 126 valence electrons. The van der Waals surface area contributed by atoms with E-state index in [4.69, 9.17) is 0 Å². The molecule has 1 heterocycles. The summed E-state index contributed by atoms with van der Waals surface area (Å²) in [5.41, 5.74) is 0.118. The van der Waals surface area contributed by atoms with Crippen LogP contribution in [0.25, 0.3) is 0 Å². The lowest BCUT2D eigenvalue weighted by Gasteiger charge is -2.26. The molecular weight excluding hydrogens is 359 g/mol. The lowest BCUT2D eigenvalue weighted by atomic mass is 10.1. The van der Waals surface area contributed by atoms with Gasteiger partial charge in [0.15, 0.2) is 0 Å². The largest absolute Gasteiger partial charge is 0.348 e. The van der Waals surface area contributed by atoms with Gasteiger partial charge in [0, 0.05) is 29.6 Å². The van der Waals surface area contributed by atoms with Crippen molar-refractivity contribution in [1.29, 1.82) is 0 Å². The van der Waals surface area contributed by atoms with Crippen molar-refractivity contribution >= 4 is 21.8 Å². The Morgan fingerprint density at radius 2 is 1.91 bits per heavy atom. The fourth-order valence-electron chi connectivity index (χ4n) is 3.79. The number of benzene rings is 1. The summed E-state index contributed by atoms with van der Waals surface area (Å²) in [6.45, 7) is 1.93. The molecule has 0 bridgehead atoms. The average Bonchev–Trinajstić information content (AvgIpc) is 2.82. The Morgan fingerprint density at radius 3 is 2.65 bits per heavy atom. The molecule has 1 aromatic carbocycles. The summed E-state index contributed by atoms with van der Waals surface area (Å²) in [4.78, 5) is 14.8. The van der Waals surface area contributed by atoms with E-state index < -0.39 is 5.82 Å². The van der Waals surface area contributed by atoms with E-state index in [0.717, 1.165) is 24.0 Å². The monoisotopic (exact) mass is 382 g/mol. The maximum Gasteiger partial charge on any atom is 0.254 e. The molecule has 0 radical (unpaired) electrons. The van der Waals surface area contributed by atoms with Crippen molar-refractivity contribution in [2.45, 2.75) is 57.0 Å². The number of carbonyl (C=O) groups excluding carboxylic acids is 1. The minimum absolute atomic E-state index is 0.118. The molecule has 2 fully saturated rings. The van der Waals surface area contributed by atoms with E-state index in [0.29, 0.717) is 6.04 Å². The van der Waals surface area contributed by atoms with Crippen LogP contribution < -0.4 is 5.32 Å².